The van der Waals surface area contributed by atoms with E-state index in [2.05, 4.69) is 43.5 Å². The van der Waals surface area contributed by atoms with Crippen LogP contribution in [-0.4, -0.2) is 12.9 Å². The second kappa shape index (κ2) is 6.63. The molecule has 0 spiro atoms. The maximum atomic E-state index is 6.27. The summed E-state index contributed by atoms with van der Waals surface area (Å²) in [4.78, 5) is -0.129. The van der Waals surface area contributed by atoms with Crippen molar-refractivity contribution in [2.24, 2.45) is 5.92 Å². The molecule has 0 bridgehead atoms. The molecule has 0 radical (unpaired) electrons. The minimum atomic E-state index is -0.129. The van der Waals surface area contributed by atoms with E-state index in [0.29, 0.717) is 5.92 Å². The van der Waals surface area contributed by atoms with Crippen LogP contribution in [0.1, 0.15) is 44.6 Å². The Morgan fingerprint density at radius 3 is 2.39 bits per heavy atom. The number of rotatable bonds is 5. The fraction of sp³-hybridized carbons (Fsp3) is 0.625. The first kappa shape index (κ1) is 14.0. The molecule has 0 aliphatic heterocycles. The molecule has 1 saturated carbocycles. The van der Waals surface area contributed by atoms with Crippen LogP contribution >= 0.6 is 11.8 Å². The molecule has 0 N–H and O–H groups in total. The Bertz CT molecular complexity index is 345. The van der Waals surface area contributed by atoms with Crippen LogP contribution in [0.15, 0.2) is 30.3 Å². The smallest absolute Gasteiger partial charge is 0.141 e. The summed E-state index contributed by atoms with van der Waals surface area (Å²) < 4.78 is 6.27. The fourth-order valence-corrected chi connectivity index (χ4v) is 4.32. The van der Waals surface area contributed by atoms with Gasteiger partial charge in [0.1, 0.15) is 4.93 Å². The van der Waals surface area contributed by atoms with Gasteiger partial charge in [-0.3, -0.25) is 0 Å². The Morgan fingerprint density at radius 1 is 1.17 bits per heavy atom. The number of hydrogen-bond donors (Lipinski definition) is 0. The van der Waals surface area contributed by atoms with Gasteiger partial charge in [0.15, 0.2) is 0 Å². The predicted octanol–water partition coefficient (Wildman–Crippen LogP) is 4.82. The van der Waals surface area contributed by atoms with Gasteiger partial charge in [-0.2, -0.15) is 0 Å². The van der Waals surface area contributed by atoms with E-state index in [-0.39, 0.29) is 4.93 Å². The highest BCUT2D eigenvalue weighted by atomic mass is 32.2. The molecule has 0 aromatic heterocycles. The number of thioether (sulfide) groups is 1. The van der Waals surface area contributed by atoms with Crippen LogP contribution in [0.4, 0.5) is 0 Å². The zero-order chi connectivity index (χ0) is 12.8. The summed E-state index contributed by atoms with van der Waals surface area (Å²) in [7, 11) is 0. The predicted molar refractivity (Wildman–Crippen MR) is 79.8 cm³/mol. The summed E-state index contributed by atoms with van der Waals surface area (Å²) >= 11 is 1.88. The molecule has 18 heavy (non-hydrogen) atoms. The van der Waals surface area contributed by atoms with Gasteiger partial charge >= 0.3 is 0 Å². The molecular formula is C16H24OS. The van der Waals surface area contributed by atoms with Crippen LogP contribution in [0.25, 0.3) is 0 Å². The lowest BCUT2D eigenvalue weighted by molar-refractivity contribution is -0.0250. The van der Waals surface area contributed by atoms with Gasteiger partial charge < -0.3 is 4.74 Å². The molecule has 0 heterocycles. The lowest BCUT2D eigenvalue weighted by atomic mass is 9.82. The van der Waals surface area contributed by atoms with E-state index in [0.717, 1.165) is 6.61 Å². The topological polar surface area (TPSA) is 9.23 Å². The van der Waals surface area contributed by atoms with Gasteiger partial charge in [-0.05, 0) is 31.6 Å². The van der Waals surface area contributed by atoms with E-state index in [9.17, 15) is 0 Å². The van der Waals surface area contributed by atoms with Gasteiger partial charge in [-0.1, -0.05) is 49.6 Å². The SMILES string of the molecule is CCOC(SC)(c1ccccc1)C1CCCCC1. The zero-order valence-electron chi connectivity index (χ0n) is 11.5. The molecule has 1 aliphatic carbocycles. The van der Waals surface area contributed by atoms with Crippen LogP contribution in [0.5, 0.6) is 0 Å². The van der Waals surface area contributed by atoms with Crippen molar-refractivity contribution in [3.05, 3.63) is 35.9 Å². The van der Waals surface area contributed by atoms with Crippen molar-refractivity contribution in [2.75, 3.05) is 12.9 Å². The highest BCUT2D eigenvalue weighted by molar-refractivity contribution is 7.99. The van der Waals surface area contributed by atoms with E-state index < -0.39 is 0 Å². The monoisotopic (exact) mass is 264 g/mol. The third-order valence-corrected chi connectivity index (χ3v) is 5.27. The Hall–Kier alpha value is -0.470. The summed E-state index contributed by atoms with van der Waals surface area (Å²) in [6.45, 7) is 2.89. The van der Waals surface area contributed by atoms with Crippen molar-refractivity contribution in [3.63, 3.8) is 0 Å². The van der Waals surface area contributed by atoms with E-state index in [1.807, 2.05) is 11.8 Å². The molecule has 1 nitrogen and oxygen atoms in total. The van der Waals surface area contributed by atoms with Crippen molar-refractivity contribution < 1.29 is 4.74 Å². The van der Waals surface area contributed by atoms with Crippen molar-refractivity contribution in [1.82, 2.24) is 0 Å². The van der Waals surface area contributed by atoms with Crippen molar-refractivity contribution in [3.8, 4) is 0 Å². The summed E-state index contributed by atoms with van der Waals surface area (Å²) in [5.74, 6) is 0.656. The second-order valence-corrected chi connectivity index (χ2v) is 6.02. The highest BCUT2D eigenvalue weighted by Crippen LogP contribution is 2.48. The molecule has 1 aromatic rings. The molecule has 1 fully saturated rings. The zero-order valence-corrected chi connectivity index (χ0v) is 12.3. The molecule has 1 aliphatic rings. The van der Waals surface area contributed by atoms with Crippen molar-refractivity contribution >= 4 is 11.8 Å². The number of ether oxygens (including phenoxy) is 1. The molecular weight excluding hydrogens is 240 g/mol. The van der Waals surface area contributed by atoms with Crippen LogP contribution in [-0.2, 0) is 9.67 Å². The van der Waals surface area contributed by atoms with Gasteiger partial charge in [0.2, 0.25) is 0 Å². The Labute approximate surface area is 115 Å². The summed E-state index contributed by atoms with van der Waals surface area (Å²) in [6, 6.07) is 10.8. The van der Waals surface area contributed by atoms with E-state index in [1.165, 1.54) is 37.7 Å². The standard InChI is InChI=1S/C16H24OS/c1-3-17-16(18-2,14-10-6-4-7-11-14)15-12-8-5-9-13-15/h4,6-7,10-11,15H,3,5,8-9,12-13H2,1-2H3. The first-order valence-electron chi connectivity index (χ1n) is 7.08. The molecule has 1 unspecified atom stereocenters. The van der Waals surface area contributed by atoms with Crippen molar-refractivity contribution in [1.29, 1.82) is 0 Å². The number of hydrogen-bond acceptors (Lipinski definition) is 2. The van der Waals surface area contributed by atoms with Gasteiger partial charge in [0, 0.05) is 12.5 Å². The van der Waals surface area contributed by atoms with Crippen molar-refractivity contribution in [2.45, 2.75) is 44.0 Å². The highest BCUT2D eigenvalue weighted by Gasteiger charge is 2.40. The second-order valence-electron chi connectivity index (χ2n) is 5.01. The molecule has 0 saturated heterocycles. The van der Waals surface area contributed by atoms with Crippen LogP contribution < -0.4 is 0 Å². The van der Waals surface area contributed by atoms with Crippen LogP contribution in [0.3, 0.4) is 0 Å². The van der Waals surface area contributed by atoms with Crippen LogP contribution in [0.2, 0.25) is 0 Å². The third kappa shape index (κ3) is 2.75. The van der Waals surface area contributed by atoms with Gasteiger partial charge in [0.05, 0.1) is 0 Å². The van der Waals surface area contributed by atoms with Gasteiger partial charge in [0.25, 0.3) is 0 Å². The molecule has 2 rings (SSSR count). The van der Waals surface area contributed by atoms with E-state index >= 15 is 0 Å². The molecule has 1 atom stereocenters. The first-order chi connectivity index (χ1) is 8.83. The Kier molecular flexibility index (Phi) is 5.13. The van der Waals surface area contributed by atoms with Gasteiger partial charge in [-0.15, -0.1) is 11.8 Å². The number of benzene rings is 1. The lowest BCUT2D eigenvalue weighted by Crippen LogP contribution is -2.36. The molecule has 2 heteroatoms. The molecule has 1 aromatic carbocycles. The van der Waals surface area contributed by atoms with Crippen LogP contribution in [0, 0.1) is 5.92 Å². The quantitative estimate of drug-likeness (QED) is 0.705. The summed E-state index contributed by atoms with van der Waals surface area (Å²) in [5, 5.41) is 0. The lowest BCUT2D eigenvalue weighted by Gasteiger charge is -2.41. The largest absolute Gasteiger partial charge is 0.360 e. The maximum Gasteiger partial charge on any atom is 0.141 e. The minimum Gasteiger partial charge on any atom is -0.360 e. The average molecular weight is 264 g/mol. The maximum absolute atomic E-state index is 6.27. The molecule has 0 amide bonds. The summed E-state index contributed by atoms with van der Waals surface area (Å²) in [5.41, 5.74) is 1.34. The average Bonchev–Trinajstić information content (AvgIpc) is 2.47. The van der Waals surface area contributed by atoms with E-state index in [1.54, 1.807) is 0 Å². The Balaban J connectivity index is 2.32. The normalized spacial score (nSPS) is 20.6. The fourth-order valence-electron chi connectivity index (χ4n) is 3.15. The first-order valence-corrected chi connectivity index (χ1v) is 8.30. The Morgan fingerprint density at radius 2 is 1.83 bits per heavy atom. The minimum absolute atomic E-state index is 0.129. The van der Waals surface area contributed by atoms with E-state index in [4.69, 9.17) is 4.74 Å². The van der Waals surface area contributed by atoms with Gasteiger partial charge in [-0.25, -0.2) is 0 Å². The third-order valence-electron chi connectivity index (χ3n) is 3.98. The summed E-state index contributed by atoms with van der Waals surface area (Å²) in [6.07, 6.45) is 8.89. The molecule has 100 valence electrons.